The van der Waals surface area contributed by atoms with E-state index in [1.54, 1.807) is 0 Å². The Bertz CT molecular complexity index is 276. The summed E-state index contributed by atoms with van der Waals surface area (Å²) in [6, 6.07) is 2.14. The van der Waals surface area contributed by atoms with E-state index in [4.69, 9.17) is 0 Å². The maximum Gasteiger partial charge on any atom is 0.150 e. The Hall–Kier alpha value is -1.03. The molecule has 4 nitrogen and oxygen atoms in total. The van der Waals surface area contributed by atoms with Gasteiger partial charge in [-0.2, -0.15) is 5.10 Å². The number of aryl methyl sites for hydroxylation is 1. The van der Waals surface area contributed by atoms with Gasteiger partial charge in [0.1, 0.15) is 0 Å². The van der Waals surface area contributed by atoms with Crippen molar-refractivity contribution in [3.05, 3.63) is 11.8 Å². The van der Waals surface area contributed by atoms with Gasteiger partial charge in [0.15, 0.2) is 5.82 Å². The molecule has 0 bridgehead atoms. The molecule has 0 aliphatic heterocycles. The summed E-state index contributed by atoms with van der Waals surface area (Å²) >= 11 is 0. The third kappa shape index (κ3) is 2.26. The molecule has 1 rings (SSSR count). The number of rotatable bonds is 5. The minimum Gasteiger partial charge on any atom is -0.356 e. The summed E-state index contributed by atoms with van der Waals surface area (Å²) in [5, 5.41) is 7.61. The van der Waals surface area contributed by atoms with Crippen LogP contribution in [-0.4, -0.2) is 29.9 Å². The lowest BCUT2D eigenvalue weighted by Crippen LogP contribution is -2.22. The van der Waals surface area contributed by atoms with E-state index >= 15 is 0 Å². The summed E-state index contributed by atoms with van der Waals surface area (Å²) in [6.07, 6.45) is 0. The van der Waals surface area contributed by atoms with Crippen LogP contribution in [0.25, 0.3) is 0 Å². The molecule has 0 amide bonds. The van der Waals surface area contributed by atoms with Gasteiger partial charge in [0, 0.05) is 32.7 Å². The van der Waals surface area contributed by atoms with Crippen molar-refractivity contribution < 1.29 is 0 Å². The topological polar surface area (TPSA) is 33.1 Å². The molecule has 0 radical (unpaired) electrons. The second-order valence-corrected chi connectivity index (χ2v) is 3.32. The van der Waals surface area contributed by atoms with Gasteiger partial charge in [0.05, 0.1) is 5.69 Å². The van der Waals surface area contributed by atoms with Crippen LogP contribution in [0.15, 0.2) is 6.07 Å². The Morgan fingerprint density at radius 1 is 1.43 bits per heavy atom. The largest absolute Gasteiger partial charge is 0.356 e. The van der Waals surface area contributed by atoms with Crippen molar-refractivity contribution in [2.45, 2.75) is 20.4 Å². The molecule has 0 spiro atoms. The molecule has 0 aliphatic rings. The molecule has 0 saturated carbocycles. The molecule has 0 saturated heterocycles. The zero-order valence-electron chi connectivity index (χ0n) is 9.54. The standard InChI is InChI=1S/C10H20N4/c1-5-14(6-2)10-7-9(8-11-3)13(4)12-10/h7,11H,5-6,8H2,1-4H3. The molecular weight excluding hydrogens is 176 g/mol. The zero-order chi connectivity index (χ0) is 10.6. The molecule has 0 atom stereocenters. The fourth-order valence-electron chi connectivity index (χ4n) is 1.54. The molecule has 1 aromatic heterocycles. The maximum atomic E-state index is 4.47. The fraction of sp³-hybridized carbons (Fsp3) is 0.700. The van der Waals surface area contributed by atoms with Gasteiger partial charge in [-0.05, 0) is 20.9 Å². The number of nitrogens with one attached hydrogen (secondary N) is 1. The van der Waals surface area contributed by atoms with Crippen molar-refractivity contribution in [3.63, 3.8) is 0 Å². The predicted molar refractivity (Wildman–Crippen MR) is 59.5 cm³/mol. The molecule has 4 heteroatoms. The summed E-state index contributed by atoms with van der Waals surface area (Å²) in [5.74, 6) is 1.07. The summed E-state index contributed by atoms with van der Waals surface area (Å²) in [4.78, 5) is 2.25. The van der Waals surface area contributed by atoms with Crippen molar-refractivity contribution in [3.8, 4) is 0 Å². The van der Waals surface area contributed by atoms with Crippen LogP contribution in [0.4, 0.5) is 5.82 Å². The molecule has 0 aromatic carbocycles. The normalized spacial score (nSPS) is 10.6. The summed E-state index contributed by atoms with van der Waals surface area (Å²) < 4.78 is 1.93. The molecule has 0 aliphatic carbocycles. The molecule has 0 fully saturated rings. The quantitative estimate of drug-likeness (QED) is 0.762. The third-order valence-corrected chi connectivity index (χ3v) is 2.41. The van der Waals surface area contributed by atoms with E-state index in [9.17, 15) is 0 Å². The van der Waals surface area contributed by atoms with Gasteiger partial charge in [0.25, 0.3) is 0 Å². The average molecular weight is 196 g/mol. The summed E-state index contributed by atoms with van der Waals surface area (Å²) in [6.45, 7) is 7.18. The number of hydrogen-bond acceptors (Lipinski definition) is 3. The smallest absolute Gasteiger partial charge is 0.150 e. The first kappa shape index (κ1) is 11.0. The molecule has 80 valence electrons. The van der Waals surface area contributed by atoms with Crippen LogP contribution in [-0.2, 0) is 13.6 Å². The zero-order valence-corrected chi connectivity index (χ0v) is 9.54. The van der Waals surface area contributed by atoms with E-state index in [1.165, 1.54) is 5.69 Å². The lowest BCUT2D eigenvalue weighted by atomic mass is 10.4. The Morgan fingerprint density at radius 3 is 2.57 bits per heavy atom. The monoisotopic (exact) mass is 196 g/mol. The third-order valence-electron chi connectivity index (χ3n) is 2.41. The first-order valence-corrected chi connectivity index (χ1v) is 5.15. The van der Waals surface area contributed by atoms with E-state index in [2.05, 4.69) is 35.2 Å². The minimum absolute atomic E-state index is 0.866. The molecule has 1 N–H and O–H groups in total. The maximum absolute atomic E-state index is 4.47. The second-order valence-electron chi connectivity index (χ2n) is 3.32. The second kappa shape index (κ2) is 5.00. The van der Waals surface area contributed by atoms with Crippen LogP contribution in [0.5, 0.6) is 0 Å². The van der Waals surface area contributed by atoms with Crippen molar-refractivity contribution in [2.24, 2.45) is 7.05 Å². The fourth-order valence-corrected chi connectivity index (χ4v) is 1.54. The highest BCUT2D eigenvalue weighted by Gasteiger charge is 2.08. The van der Waals surface area contributed by atoms with Crippen LogP contribution < -0.4 is 10.2 Å². The molecule has 1 aromatic rings. The van der Waals surface area contributed by atoms with Gasteiger partial charge in [-0.25, -0.2) is 0 Å². The highest BCUT2D eigenvalue weighted by molar-refractivity contribution is 5.39. The van der Waals surface area contributed by atoms with E-state index in [-0.39, 0.29) is 0 Å². The number of anilines is 1. The highest BCUT2D eigenvalue weighted by atomic mass is 15.3. The van der Waals surface area contributed by atoms with Gasteiger partial charge >= 0.3 is 0 Å². The van der Waals surface area contributed by atoms with Gasteiger partial charge in [-0.3, -0.25) is 4.68 Å². The van der Waals surface area contributed by atoms with Crippen LogP contribution in [0.1, 0.15) is 19.5 Å². The predicted octanol–water partition coefficient (Wildman–Crippen LogP) is 0.986. The van der Waals surface area contributed by atoms with Crippen molar-refractivity contribution in [2.75, 3.05) is 25.0 Å². The van der Waals surface area contributed by atoms with Crippen molar-refractivity contribution in [1.29, 1.82) is 0 Å². The Kier molecular flexibility index (Phi) is 3.95. The van der Waals surface area contributed by atoms with Crippen LogP contribution in [0.3, 0.4) is 0 Å². The van der Waals surface area contributed by atoms with Crippen LogP contribution >= 0.6 is 0 Å². The van der Waals surface area contributed by atoms with E-state index < -0.39 is 0 Å². The molecule has 14 heavy (non-hydrogen) atoms. The van der Waals surface area contributed by atoms with Gasteiger partial charge < -0.3 is 10.2 Å². The molecule has 1 heterocycles. The van der Waals surface area contributed by atoms with Gasteiger partial charge in [-0.15, -0.1) is 0 Å². The Labute approximate surface area is 85.9 Å². The molecular formula is C10H20N4. The van der Waals surface area contributed by atoms with Gasteiger partial charge in [0.2, 0.25) is 0 Å². The summed E-state index contributed by atoms with van der Waals surface area (Å²) in [5.41, 5.74) is 1.22. The van der Waals surface area contributed by atoms with Gasteiger partial charge in [-0.1, -0.05) is 0 Å². The van der Waals surface area contributed by atoms with E-state index in [0.717, 1.165) is 25.5 Å². The van der Waals surface area contributed by atoms with Crippen LogP contribution in [0, 0.1) is 0 Å². The number of nitrogens with zero attached hydrogens (tertiary/aromatic N) is 3. The first-order valence-electron chi connectivity index (χ1n) is 5.15. The average Bonchev–Trinajstić information content (AvgIpc) is 2.51. The lowest BCUT2D eigenvalue weighted by molar-refractivity contribution is 0.668. The Balaban J connectivity index is 2.83. The minimum atomic E-state index is 0.866. The van der Waals surface area contributed by atoms with Crippen molar-refractivity contribution >= 4 is 5.82 Å². The SMILES string of the molecule is CCN(CC)c1cc(CNC)n(C)n1. The molecule has 0 unspecified atom stereocenters. The summed E-state index contributed by atoms with van der Waals surface area (Å²) in [7, 11) is 3.93. The van der Waals surface area contributed by atoms with E-state index in [1.807, 2.05) is 18.8 Å². The highest BCUT2D eigenvalue weighted by Crippen LogP contribution is 2.13. The number of hydrogen-bond donors (Lipinski definition) is 1. The Morgan fingerprint density at radius 2 is 2.07 bits per heavy atom. The first-order chi connectivity index (χ1) is 6.72. The van der Waals surface area contributed by atoms with Crippen molar-refractivity contribution in [1.82, 2.24) is 15.1 Å². The number of aromatic nitrogens is 2. The van der Waals surface area contributed by atoms with Crippen LogP contribution in [0.2, 0.25) is 0 Å². The van der Waals surface area contributed by atoms with E-state index in [0.29, 0.717) is 0 Å². The lowest BCUT2D eigenvalue weighted by Gasteiger charge is -2.16.